The van der Waals surface area contributed by atoms with Crippen molar-refractivity contribution in [1.29, 1.82) is 0 Å². The van der Waals surface area contributed by atoms with Crippen LogP contribution in [0.3, 0.4) is 0 Å². The summed E-state index contributed by atoms with van der Waals surface area (Å²) in [5.74, 6) is 0.0312. The van der Waals surface area contributed by atoms with Crippen molar-refractivity contribution in [3.05, 3.63) is 35.4 Å². The Balaban J connectivity index is 2.63. The molecule has 0 aromatic heterocycles. The third-order valence-corrected chi connectivity index (χ3v) is 4.38. The normalized spacial score (nSPS) is 14.6. The maximum Gasteiger partial charge on any atom is 0.126 e. The minimum absolute atomic E-state index is 0.0378. The molecule has 0 fully saturated rings. The summed E-state index contributed by atoms with van der Waals surface area (Å²) in [5.41, 5.74) is 0.663. The van der Waals surface area contributed by atoms with Gasteiger partial charge in [-0.2, -0.15) is 11.8 Å². The predicted molar refractivity (Wildman–Crippen MR) is 83.2 cm³/mol. The number of benzene rings is 1. The molecule has 0 aliphatic rings. The van der Waals surface area contributed by atoms with Crippen molar-refractivity contribution < 1.29 is 8.78 Å². The second-order valence-corrected chi connectivity index (χ2v) is 6.03. The Kier molecular flexibility index (Phi) is 7.48. The number of nitrogens with zero attached hydrogens (tertiary/aromatic N) is 1. The van der Waals surface area contributed by atoms with Gasteiger partial charge < -0.3 is 10.2 Å². The summed E-state index contributed by atoms with van der Waals surface area (Å²) in [7, 11) is 3.90. The van der Waals surface area contributed by atoms with Gasteiger partial charge >= 0.3 is 0 Å². The topological polar surface area (TPSA) is 15.3 Å². The van der Waals surface area contributed by atoms with Crippen LogP contribution < -0.4 is 5.32 Å². The summed E-state index contributed by atoms with van der Waals surface area (Å²) in [6.07, 6.45) is 2.91. The SMILES string of the molecule is CNC(CCN(C)C(C)CSC)c1cc(F)cc(F)c1. The summed E-state index contributed by atoms with van der Waals surface area (Å²) >= 11 is 1.82. The largest absolute Gasteiger partial charge is 0.313 e. The fourth-order valence-corrected chi connectivity index (χ4v) is 2.91. The molecule has 2 nitrogen and oxygen atoms in total. The molecule has 5 heteroatoms. The summed E-state index contributed by atoms with van der Waals surface area (Å²) in [4.78, 5) is 2.27. The van der Waals surface area contributed by atoms with Crippen molar-refractivity contribution in [3.8, 4) is 0 Å². The van der Waals surface area contributed by atoms with E-state index in [1.54, 1.807) is 0 Å². The lowest BCUT2D eigenvalue weighted by atomic mass is 10.0. The van der Waals surface area contributed by atoms with Crippen LogP contribution in [0.2, 0.25) is 0 Å². The fraction of sp³-hybridized carbons (Fsp3) is 0.600. The molecule has 1 aromatic rings. The Morgan fingerprint density at radius 2 is 1.85 bits per heavy atom. The van der Waals surface area contributed by atoms with Crippen molar-refractivity contribution >= 4 is 11.8 Å². The van der Waals surface area contributed by atoms with Crippen LogP contribution in [0.15, 0.2) is 18.2 Å². The number of rotatable bonds is 8. The average Bonchev–Trinajstić information content (AvgIpc) is 2.38. The molecule has 2 atom stereocenters. The molecule has 0 amide bonds. The number of thioether (sulfide) groups is 1. The summed E-state index contributed by atoms with van der Waals surface area (Å²) in [6.45, 7) is 3.07. The lowest BCUT2D eigenvalue weighted by molar-refractivity contribution is 0.262. The molecule has 0 radical (unpaired) electrons. The first-order chi connectivity index (χ1) is 9.47. The van der Waals surface area contributed by atoms with Crippen LogP contribution >= 0.6 is 11.8 Å². The molecule has 0 heterocycles. The van der Waals surface area contributed by atoms with E-state index in [2.05, 4.69) is 30.4 Å². The maximum absolute atomic E-state index is 13.3. The Bertz CT molecular complexity index is 395. The zero-order valence-electron chi connectivity index (χ0n) is 12.6. The number of nitrogens with one attached hydrogen (secondary N) is 1. The van der Waals surface area contributed by atoms with E-state index >= 15 is 0 Å². The highest BCUT2D eigenvalue weighted by molar-refractivity contribution is 7.98. The van der Waals surface area contributed by atoms with Gasteiger partial charge in [0.25, 0.3) is 0 Å². The Morgan fingerprint density at radius 1 is 1.25 bits per heavy atom. The first-order valence-corrected chi connectivity index (χ1v) is 8.19. The fourth-order valence-electron chi connectivity index (χ4n) is 2.18. The van der Waals surface area contributed by atoms with Crippen LogP contribution in [0.4, 0.5) is 8.78 Å². The molecule has 0 aliphatic carbocycles. The number of hydrogen-bond acceptors (Lipinski definition) is 3. The Hall–Kier alpha value is -0.650. The molecule has 0 spiro atoms. The molecule has 1 aromatic carbocycles. The van der Waals surface area contributed by atoms with Crippen molar-refractivity contribution in [1.82, 2.24) is 10.2 Å². The van der Waals surface area contributed by atoms with Gasteiger partial charge in [-0.3, -0.25) is 0 Å². The molecule has 0 saturated carbocycles. The minimum Gasteiger partial charge on any atom is -0.313 e. The van der Waals surface area contributed by atoms with Crippen LogP contribution in [-0.4, -0.2) is 43.6 Å². The molecular formula is C15H24F2N2S. The summed E-state index contributed by atoms with van der Waals surface area (Å²) < 4.78 is 26.5. The zero-order chi connectivity index (χ0) is 15.1. The molecule has 0 bridgehead atoms. The summed E-state index contributed by atoms with van der Waals surface area (Å²) in [5, 5.41) is 3.13. The van der Waals surface area contributed by atoms with Crippen LogP contribution in [-0.2, 0) is 0 Å². The first kappa shape index (κ1) is 17.4. The highest BCUT2D eigenvalue weighted by Gasteiger charge is 2.15. The van der Waals surface area contributed by atoms with Crippen molar-refractivity contribution in [2.24, 2.45) is 0 Å². The van der Waals surface area contributed by atoms with Crippen LogP contribution in [0.25, 0.3) is 0 Å². The van der Waals surface area contributed by atoms with E-state index in [9.17, 15) is 8.78 Å². The second kappa shape index (κ2) is 8.60. The highest BCUT2D eigenvalue weighted by atomic mass is 32.2. The third kappa shape index (κ3) is 5.38. The van der Waals surface area contributed by atoms with Crippen LogP contribution in [0.1, 0.15) is 24.9 Å². The van der Waals surface area contributed by atoms with E-state index in [1.165, 1.54) is 12.1 Å². The first-order valence-electron chi connectivity index (χ1n) is 6.80. The molecule has 0 aliphatic heterocycles. The van der Waals surface area contributed by atoms with Crippen LogP contribution in [0.5, 0.6) is 0 Å². The monoisotopic (exact) mass is 302 g/mol. The van der Waals surface area contributed by atoms with Gasteiger partial charge in [0, 0.05) is 23.9 Å². The number of halogens is 2. The van der Waals surface area contributed by atoms with Crippen LogP contribution in [0, 0.1) is 11.6 Å². The molecule has 0 saturated heterocycles. The standard InChI is InChI=1S/C15H24F2N2S/c1-11(10-20-4)19(3)6-5-15(18-2)12-7-13(16)9-14(17)8-12/h7-9,11,15,18H,5-6,10H2,1-4H3. The molecule has 1 N–H and O–H groups in total. The van der Waals surface area contributed by atoms with Gasteiger partial charge in [-0.05, 0) is 57.9 Å². The third-order valence-electron chi connectivity index (χ3n) is 3.57. The Labute approximate surface area is 124 Å². The number of hydrogen-bond donors (Lipinski definition) is 1. The lowest BCUT2D eigenvalue weighted by Crippen LogP contribution is -2.33. The Morgan fingerprint density at radius 3 is 2.35 bits per heavy atom. The lowest BCUT2D eigenvalue weighted by Gasteiger charge is -2.26. The molecule has 20 heavy (non-hydrogen) atoms. The quantitative estimate of drug-likeness (QED) is 0.793. The van der Waals surface area contributed by atoms with E-state index in [4.69, 9.17) is 0 Å². The van der Waals surface area contributed by atoms with Gasteiger partial charge in [-0.25, -0.2) is 8.78 Å². The average molecular weight is 302 g/mol. The van der Waals surface area contributed by atoms with Gasteiger partial charge in [0.15, 0.2) is 0 Å². The smallest absolute Gasteiger partial charge is 0.126 e. The zero-order valence-corrected chi connectivity index (χ0v) is 13.4. The van der Waals surface area contributed by atoms with E-state index in [-0.39, 0.29) is 6.04 Å². The molecule has 2 unspecified atom stereocenters. The second-order valence-electron chi connectivity index (χ2n) is 5.12. The van der Waals surface area contributed by atoms with Gasteiger partial charge in [0.2, 0.25) is 0 Å². The van der Waals surface area contributed by atoms with Crippen molar-refractivity contribution in [2.75, 3.05) is 32.6 Å². The van der Waals surface area contributed by atoms with Gasteiger partial charge in [0.05, 0.1) is 0 Å². The van der Waals surface area contributed by atoms with E-state index in [0.29, 0.717) is 11.6 Å². The van der Waals surface area contributed by atoms with Gasteiger partial charge in [-0.1, -0.05) is 0 Å². The van der Waals surface area contributed by atoms with Gasteiger partial charge in [0.1, 0.15) is 11.6 Å². The molecule has 114 valence electrons. The van der Waals surface area contributed by atoms with Gasteiger partial charge in [-0.15, -0.1) is 0 Å². The van der Waals surface area contributed by atoms with E-state index < -0.39 is 11.6 Å². The minimum atomic E-state index is -0.524. The molecular weight excluding hydrogens is 278 g/mol. The van der Waals surface area contributed by atoms with E-state index in [1.807, 2.05) is 18.8 Å². The summed E-state index contributed by atoms with van der Waals surface area (Å²) in [6, 6.07) is 4.16. The van der Waals surface area contributed by atoms with Crippen molar-refractivity contribution in [3.63, 3.8) is 0 Å². The maximum atomic E-state index is 13.3. The molecule has 1 rings (SSSR count). The predicted octanol–water partition coefficient (Wildman–Crippen LogP) is 3.30. The van der Waals surface area contributed by atoms with E-state index in [0.717, 1.165) is 24.8 Å². The van der Waals surface area contributed by atoms with Crippen molar-refractivity contribution in [2.45, 2.75) is 25.4 Å². The highest BCUT2D eigenvalue weighted by Crippen LogP contribution is 2.20.